The maximum absolute atomic E-state index is 12.8. The van der Waals surface area contributed by atoms with E-state index >= 15 is 0 Å². The zero-order valence-electron chi connectivity index (χ0n) is 11.5. The quantitative estimate of drug-likeness (QED) is 0.528. The van der Waals surface area contributed by atoms with E-state index < -0.39 is 20.6 Å². The van der Waals surface area contributed by atoms with Gasteiger partial charge in [0.1, 0.15) is 0 Å². The Morgan fingerprint density at radius 3 is 2.59 bits per heavy atom. The van der Waals surface area contributed by atoms with Crippen molar-refractivity contribution in [3.63, 3.8) is 0 Å². The maximum atomic E-state index is 12.8. The summed E-state index contributed by atoms with van der Waals surface area (Å²) in [5, 5.41) is 11.1. The number of nitro groups is 1. The minimum absolute atomic E-state index is 0.220. The molecule has 0 radical (unpaired) electrons. The van der Waals surface area contributed by atoms with Crippen molar-refractivity contribution in [1.29, 1.82) is 0 Å². The number of anilines is 2. The molecule has 0 saturated carbocycles. The summed E-state index contributed by atoms with van der Waals surface area (Å²) in [6.07, 6.45) is 0.528. The lowest BCUT2D eigenvalue weighted by atomic mass is 10.1. The summed E-state index contributed by atoms with van der Waals surface area (Å²) in [7, 11) is -4.04. The Morgan fingerprint density at radius 1 is 1.14 bits per heavy atom. The van der Waals surface area contributed by atoms with Crippen molar-refractivity contribution in [2.45, 2.75) is 11.3 Å². The average Bonchev–Trinajstić information content (AvgIpc) is 2.93. The number of nitro benzene ring substituents is 1. The first-order valence-corrected chi connectivity index (χ1v) is 8.00. The van der Waals surface area contributed by atoms with Gasteiger partial charge in [0, 0.05) is 12.6 Å². The van der Waals surface area contributed by atoms with Gasteiger partial charge in [0.25, 0.3) is 15.7 Å². The van der Waals surface area contributed by atoms with Crippen LogP contribution in [-0.2, 0) is 16.4 Å². The number of hydrogen-bond donors (Lipinski definition) is 1. The van der Waals surface area contributed by atoms with Crippen molar-refractivity contribution in [2.75, 3.05) is 16.6 Å². The first-order chi connectivity index (χ1) is 10.4. The van der Waals surface area contributed by atoms with Crippen LogP contribution < -0.4 is 10.0 Å². The maximum Gasteiger partial charge on any atom is 0.289 e. The van der Waals surface area contributed by atoms with Crippen LogP contribution >= 0.6 is 0 Å². The Hall–Kier alpha value is -2.61. The third-order valence-corrected chi connectivity index (χ3v) is 5.46. The van der Waals surface area contributed by atoms with Gasteiger partial charge in [-0.15, -0.1) is 0 Å². The number of rotatable bonds is 3. The van der Waals surface area contributed by atoms with E-state index in [0.29, 0.717) is 17.8 Å². The van der Waals surface area contributed by atoms with Crippen molar-refractivity contribution in [3.8, 4) is 0 Å². The van der Waals surface area contributed by atoms with Gasteiger partial charge in [-0.25, -0.2) is 8.42 Å². The summed E-state index contributed by atoms with van der Waals surface area (Å²) in [6.45, 7) is 0.220. The van der Waals surface area contributed by atoms with E-state index in [-0.39, 0.29) is 11.4 Å². The fourth-order valence-electron chi connectivity index (χ4n) is 2.64. The molecule has 0 unspecified atom stereocenters. The lowest BCUT2D eigenvalue weighted by Gasteiger charge is -2.20. The van der Waals surface area contributed by atoms with Crippen LogP contribution in [0.4, 0.5) is 17.1 Å². The Labute approximate surface area is 127 Å². The van der Waals surface area contributed by atoms with Gasteiger partial charge >= 0.3 is 0 Å². The molecular formula is C14H13N3O4S. The van der Waals surface area contributed by atoms with E-state index in [4.69, 9.17) is 5.73 Å². The predicted molar refractivity (Wildman–Crippen MR) is 82.2 cm³/mol. The van der Waals surface area contributed by atoms with E-state index in [1.165, 1.54) is 24.3 Å². The fraction of sp³-hybridized carbons (Fsp3) is 0.143. The zero-order chi connectivity index (χ0) is 15.9. The molecule has 3 rings (SSSR count). The molecule has 0 fully saturated rings. The number of hydrogen-bond acceptors (Lipinski definition) is 5. The van der Waals surface area contributed by atoms with E-state index in [9.17, 15) is 18.5 Å². The monoisotopic (exact) mass is 319 g/mol. The van der Waals surface area contributed by atoms with Gasteiger partial charge < -0.3 is 5.73 Å². The first kappa shape index (κ1) is 14.3. The molecule has 1 heterocycles. The molecule has 2 N–H and O–H groups in total. The summed E-state index contributed by atoms with van der Waals surface area (Å²) >= 11 is 0. The molecular weight excluding hydrogens is 306 g/mol. The van der Waals surface area contributed by atoms with Gasteiger partial charge in [0.15, 0.2) is 4.90 Å². The molecule has 8 heteroatoms. The van der Waals surface area contributed by atoms with E-state index in [2.05, 4.69) is 0 Å². The van der Waals surface area contributed by atoms with Crippen LogP contribution in [0.2, 0.25) is 0 Å². The molecule has 0 atom stereocenters. The van der Waals surface area contributed by atoms with E-state index in [0.717, 1.165) is 9.87 Å². The minimum Gasteiger partial charge on any atom is -0.397 e. The Morgan fingerprint density at radius 2 is 1.86 bits per heavy atom. The van der Waals surface area contributed by atoms with Gasteiger partial charge in [-0.1, -0.05) is 24.3 Å². The number of nitrogens with two attached hydrogens (primary N) is 1. The number of nitrogens with zero attached hydrogens (tertiary/aromatic N) is 2. The minimum atomic E-state index is -4.04. The first-order valence-electron chi connectivity index (χ1n) is 6.56. The van der Waals surface area contributed by atoms with E-state index in [1.807, 2.05) is 0 Å². The molecule has 7 nitrogen and oxygen atoms in total. The highest BCUT2D eigenvalue weighted by molar-refractivity contribution is 7.93. The van der Waals surface area contributed by atoms with Crippen LogP contribution in [0.3, 0.4) is 0 Å². The SMILES string of the molecule is Nc1cccc2c1N(S(=O)(=O)c1ccccc1[N+](=O)[O-])CC2. The van der Waals surface area contributed by atoms with Gasteiger partial charge in [0.2, 0.25) is 0 Å². The number of para-hydroxylation sites is 2. The topological polar surface area (TPSA) is 107 Å². The molecule has 0 bridgehead atoms. The molecule has 0 saturated heterocycles. The van der Waals surface area contributed by atoms with Crippen molar-refractivity contribution in [1.82, 2.24) is 0 Å². The molecule has 22 heavy (non-hydrogen) atoms. The lowest BCUT2D eigenvalue weighted by molar-refractivity contribution is -0.387. The Balaban J connectivity index is 2.17. The third kappa shape index (κ3) is 2.08. The lowest BCUT2D eigenvalue weighted by Crippen LogP contribution is -2.30. The van der Waals surface area contributed by atoms with E-state index in [1.54, 1.807) is 18.2 Å². The summed E-state index contributed by atoms with van der Waals surface area (Å²) in [4.78, 5) is 10.1. The smallest absolute Gasteiger partial charge is 0.289 e. The van der Waals surface area contributed by atoms with Gasteiger partial charge in [-0.3, -0.25) is 14.4 Å². The highest BCUT2D eigenvalue weighted by atomic mass is 32.2. The number of benzene rings is 2. The molecule has 0 spiro atoms. The molecule has 0 aromatic heterocycles. The van der Waals surface area contributed by atoms with Gasteiger partial charge in [-0.05, 0) is 24.1 Å². The standard InChI is InChI=1S/C14H13N3O4S/c15-11-5-3-4-10-8-9-16(14(10)11)22(20,21)13-7-2-1-6-12(13)17(18)19/h1-7H,8-9,15H2. The summed E-state index contributed by atoms with van der Waals surface area (Å²) in [5.74, 6) is 0. The van der Waals surface area contributed by atoms with Crippen LogP contribution in [0.25, 0.3) is 0 Å². The number of nitrogen functional groups attached to an aromatic ring is 1. The van der Waals surface area contributed by atoms with Crippen molar-refractivity contribution < 1.29 is 13.3 Å². The van der Waals surface area contributed by atoms with Gasteiger partial charge in [0.05, 0.1) is 16.3 Å². The second-order valence-corrected chi connectivity index (χ2v) is 6.74. The fourth-order valence-corrected chi connectivity index (χ4v) is 4.33. The van der Waals surface area contributed by atoms with Crippen LogP contribution in [0.15, 0.2) is 47.4 Å². The van der Waals surface area contributed by atoms with Crippen molar-refractivity contribution >= 4 is 27.1 Å². The molecule has 1 aliphatic heterocycles. The zero-order valence-corrected chi connectivity index (χ0v) is 12.3. The van der Waals surface area contributed by atoms with Crippen LogP contribution in [0.1, 0.15) is 5.56 Å². The summed E-state index contributed by atoms with van der Waals surface area (Å²) in [6, 6.07) is 10.5. The number of sulfonamides is 1. The summed E-state index contributed by atoms with van der Waals surface area (Å²) in [5.41, 5.74) is 7.04. The van der Waals surface area contributed by atoms with Crippen LogP contribution in [-0.4, -0.2) is 19.9 Å². The molecule has 1 aliphatic rings. The molecule has 2 aromatic carbocycles. The second kappa shape index (κ2) is 4.99. The molecule has 0 aliphatic carbocycles. The normalized spacial score (nSPS) is 13.9. The van der Waals surface area contributed by atoms with Crippen molar-refractivity contribution in [2.24, 2.45) is 0 Å². The largest absolute Gasteiger partial charge is 0.397 e. The molecule has 2 aromatic rings. The highest BCUT2D eigenvalue weighted by Gasteiger charge is 2.36. The van der Waals surface area contributed by atoms with Crippen LogP contribution in [0, 0.1) is 10.1 Å². The Bertz CT molecular complexity index is 864. The molecule has 0 amide bonds. The number of fused-ring (bicyclic) bond motifs is 1. The third-order valence-electron chi connectivity index (χ3n) is 3.61. The molecule has 114 valence electrons. The summed E-state index contributed by atoms with van der Waals surface area (Å²) < 4.78 is 26.8. The average molecular weight is 319 g/mol. The van der Waals surface area contributed by atoms with Crippen LogP contribution in [0.5, 0.6) is 0 Å². The predicted octanol–water partition coefficient (Wildman–Crippen LogP) is 1.93. The van der Waals surface area contributed by atoms with Crippen molar-refractivity contribution in [3.05, 3.63) is 58.1 Å². The second-order valence-electron chi connectivity index (χ2n) is 4.91. The highest BCUT2D eigenvalue weighted by Crippen LogP contribution is 2.38. The van der Waals surface area contributed by atoms with Gasteiger partial charge in [-0.2, -0.15) is 0 Å². The Kier molecular flexibility index (Phi) is 3.25.